The molecule has 0 rings (SSSR count). The van der Waals surface area contributed by atoms with E-state index in [1.165, 1.54) is 7.11 Å². The molecule has 0 spiro atoms. The van der Waals surface area contributed by atoms with E-state index in [9.17, 15) is 9.59 Å². The number of rotatable bonds is 8. The monoisotopic (exact) mass is 250 g/mol. The first kappa shape index (κ1) is 15.2. The van der Waals surface area contributed by atoms with Crippen molar-refractivity contribution in [1.82, 2.24) is 5.32 Å². The summed E-state index contributed by atoms with van der Waals surface area (Å²) in [6.45, 7) is -0.0718. The molecule has 0 aliphatic heterocycles. The van der Waals surface area contributed by atoms with Crippen molar-refractivity contribution in [2.75, 3.05) is 25.7 Å². The molecule has 0 bridgehead atoms. The Balaban J connectivity index is 3.91. The largest absolute Gasteiger partial charge is 0.479 e. The Kier molecular flexibility index (Phi) is 7.96. The maximum atomic E-state index is 11.4. The molecule has 4 N–H and O–H groups in total. The molecule has 0 saturated heterocycles. The van der Waals surface area contributed by atoms with Gasteiger partial charge in [-0.25, -0.2) is 4.79 Å². The van der Waals surface area contributed by atoms with Crippen molar-refractivity contribution in [3.05, 3.63) is 0 Å². The molecule has 16 heavy (non-hydrogen) atoms. The number of nitrogens with two attached hydrogens (primary N) is 1. The maximum Gasteiger partial charge on any atom is 0.334 e. The van der Waals surface area contributed by atoms with Crippen LogP contribution in [0.1, 0.15) is 6.42 Å². The number of thioether (sulfide) groups is 1. The number of aliphatic carboxylic acids is 1. The molecule has 94 valence electrons. The van der Waals surface area contributed by atoms with Gasteiger partial charge >= 0.3 is 5.97 Å². The molecular weight excluding hydrogens is 232 g/mol. The molecule has 2 atom stereocenters. The van der Waals surface area contributed by atoms with Gasteiger partial charge < -0.3 is 20.9 Å². The predicted molar refractivity (Wildman–Crippen MR) is 62.4 cm³/mol. The quantitative estimate of drug-likeness (QED) is 0.525. The van der Waals surface area contributed by atoms with Crippen LogP contribution in [0.15, 0.2) is 0 Å². The van der Waals surface area contributed by atoms with Gasteiger partial charge in [0.05, 0.1) is 12.6 Å². The molecule has 7 heteroatoms. The van der Waals surface area contributed by atoms with E-state index in [0.717, 1.165) is 5.75 Å². The molecule has 0 saturated carbocycles. The lowest BCUT2D eigenvalue weighted by Gasteiger charge is -2.14. The molecule has 0 fully saturated rings. The summed E-state index contributed by atoms with van der Waals surface area (Å²) in [5, 5.41) is 11.1. The van der Waals surface area contributed by atoms with E-state index in [-0.39, 0.29) is 12.5 Å². The summed E-state index contributed by atoms with van der Waals surface area (Å²) in [5.74, 6) is -0.667. The van der Waals surface area contributed by atoms with Crippen molar-refractivity contribution in [3.63, 3.8) is 0 Å². The zero-order valence-electron chi connectivity index (χ0n) is 9.43. The van der Waals surface area contributed by atoms with Crippen LogP contribution in [0.3, 0.4) is 0 Å². The standard InChI is InChI=1S/C9H18N2O4S/c1-15-7(9(13)14)5-11-8(12)6(10)3-4-16-2/h6-7H,3-5,10H2,1-2H3,(H,11,12)(H,13,14)/t6-,7?/m0/s1. The summed E-state index contributed by atoms with van der Waals surface area (Å²) < 4.78 is 4.66. The van der Waals surface area contributed by atoms with Crippen LogP contribution in [0.25, 0.3) is 0 Å². The van der Waals surface area contributed by atoms with E-state index in [0.29, 0.717) is 6.42 Å². The van der Waals surface area contributed by atoms with Crippen LogP contribution in [0.2, 0.25) is 0 Å². The number of methoxy groups -OCH3 is 1. The predicted octanol–water partition coefficient (Wildman–Crippen LogP) is -0.717. The fraction of sp³-hybridized carbons (Fsp3) is 0.778. The highest BCUT2D eigenvalue weighted by atomic mass is 32.2. The topological polar surface area (TPSA) is 102 Å². The average Bonchev–Trinajstić information content (AvgIpc) is 2.25. The first-order valence-electron chi connectivity index (χ1n) is 4.80. The fourth-order valence-corrected chi connectivity index (χ4v) is 1.46. The van der Waals surface area contributed by atoms with Gasteiger partial charge in [-0.05, 0) is 18.4 Å². The Morgan fingerprint density at radius 3 is 2.62 bits per heavy atom. The number of hydrogen-bond donors (Lipinski definition) is 3. The van der Waals surface area contributed by atoms with Crippen molar-refractivity contribution in [1.29, 1.82) is 0 Å². The summed E-state index contributed by atoms with van der Waals surface area (Å²) in [6.07, 6.45) is 1.46. The second kappa shape index (κ2) is 8.37. The van der Waals surface area contributed by atoms with Gasteiger partial charge in [-0.3, -0.25) is 4.79 Å². The van der Waals surface area contributed by atoms with Gasteiger partial charge in [-0.1, -0.05) is 0 Å². The van der Waals surface area contributed by atoms with E-state index < -0.39 is 18.1 Å². The molecule has 1 amide bonds. The first-order chi connectivity index (χ1) is 7.52. The van der Waals surface area contributed by atoms with Crippen LogP contribution in [-0.2, 0) is 14.3 Å². The molecule has 0 aromatic rings. The second-order valence-electron chi connectivity index (χ2n) is 3.20. The number of hydrogen-bond acceptors (Lipinski definition) is 5. The van der Waals surface area contributed by atoms with Gasteiger partial charge in [-0.2, -0.15) is 11.8 Å². The fourth-order valence-electron chi connectivity index (χ4n) is 0.972. The van der Waals surface area contributed by atoms with Crippen molar-refractivity contribution in [2.24, 2.45) is 5.73 Å². The molecular formula is C9H18N2O4S. The summed E-state index contributed by atoms with van der Waals surface area (Å²) in [7, 11) is 1.28. The van der Waals surface area contributed by atoms with Gasteiger partial charge in [0, 0.05) is 7.11 Å². The Bertz CT molecular complexity index is 238. The lowest BCUT2D eigenvalue weighted by atomic mass is 10.2. The zero-order chi connectivity index (χ0) is 12.6. The van der Waals surface area contributed by atoms with Crippen molar-refractivity contribution < 1.29 is 19.4 Å². The van der Waals surface area contributed by atoms with Crippen molar-refractivity contribution in [2.45, 2.75) is 18.6 Å². The number of carboxylic acid groups (broad SMARTS) is 1. The molecule has 0 aromatic carbocycles. The molecule has 1 unspecified atom stereocenters. The molecule has 0 aromatic heterocycles. The molecule has 0 heterocycles. The number of carboxylic acids is 1. The van der Waals surface area contributed by atoms with Gasteiger partial charge in [-0.15, -0.1) is 0 Å². The number of amides is 1. The SMILES string of the molecule is COC(CNC(=O)[C@@H](N)CCSC)C(=O)O. The molecule has 0 radical (unpaired) electrons. The van der Waals surface area contributed by atoms with Crippen LogP contribution in [0.5, 0.6) is 0 Å². The van der Waals surface area contributed by atoms with Crippen LogP contribution in [0.4, 0.5) is 0 Å². The molecule has 6 nitrogen and oxygen atoms in total. The lowest BCUT2D eigenvalue weighted by Crippen LogP contribution is -2.45. The Morgan fingerprint density at radius 1 is 1.56 bits per heavy atom. The highest BCUT2D eigenvalue weighted by Crippen LogP contribution is 1.98. The van der Waals surface area contributed by atoms with Crippen molar-refractivity contribution in [3.8, 4) is 0 Å². The van der Waals surface area contributed by atoms with Crippen LogP contribution in [-0.4, -0.2) is 54.8 Å². The summed E-state index contributed by atoms with van der Waals surface area (Å²) in [4.78, 5) is 22.0. The van der Waals surface area contributed by atoms with Crippen LogP contribution in [0, 0.1) is 0 Å². The Morgan fingerprint density at radius 2 is 2.19 bits per heavy atom. The Labute approximate surface area is 98.9 Å². The zero-order valence-corrected chi connectivity index (χ0v) is 10.3. The summed E-state index contributed by atoms with van der Waals surface area (Å²) in [6, 6.07) is -0.598. The smallest absolute Gasteiger partial charge is 0.334 e. The third-order valence-corrected chi connectivity index (χ3v) is 2.64. The second-order valence-corrected chi connectivity index (χ2v) is 4.18. The summed E-state index contributed by atoms with van der Waals surface area (Å²) >= 11 is 1.60. The van der Waals surface area contributed by atoms with E-state index in [1.807, 2.05) is 6.26 Å². The number of nitrogens with one attached hydrogen (secondary N) is 1. The van der Waals surface area contributed by atoms with Crippen LogP contribution < -0.4 is 11.1 Å². The van der Waals surface area contributed by atoms with E-state index in [1.54, 1.807) is 11.8 Å². The summed E-state index contributed by atoms with van der Waals surface area (Å²) in [5.41, 5.74) is 5.59. The maximum absolute atomic E-state index is 11.4. The minimum atomic E-state index is -1.11. The number of ether oxygens (including phenoxy) is 1. The molecule has 0 aliphatic carbocycles. The average molecular weight is 250 g/mol. The first-order valence-corrected chi connectivity index (χ1v) is 6.20. The van der Waals surface area contributed by atoms with Crippen molar-refractivity contribution >= 4 is 23.6 Å². The van der Waals surface area contributed by atoms with Gasteiger partial charge in [0.25, 0.3) is 0 Å². The third kappa shape index (κ3) is 5.94. The molecule has 0 aliphatic rings. The third-order valence-electron chi connectivity index (χ3n) is 1.99. The Hall–Kier alpha value is -0.790. The minimum absolute atomic E-state index is 0.0718. The normalized spacial score (nSPS) is 14.2. The van der Waals surface area contributed by atoms with Gasteiger partial charge in [0.2, 0.25) is 5.91 Å². The number of carbonyl (C=O) groups excluding carboxylic acids is 1. The lowest BCUT2D eigenvalue weighted by molar-refractivity contribution is -0.148. The van der Waals surface area contributed by atoms with Crippen LogP contribution >= 0.6 is 11.8 Å². The van der Waals surface area contributed by atoms with E-state index in [4.69, 9.17) is 10.8 Å². The number of carbonyl (C=O) groups is 2. The van der Waals surface area contributed by atoms with E-state index >= 15 is 0 Å². The van der Waals surface area contributed by atoms with E-state index in [2.05, 4.69) is 10.1 Å². The highest BCUT2D eigenvalue weighted by molar-refractivity contribution is 7.98. The highest BCUT2D eigenvalue weighted by Gasteiger charge is 2.19. The van der Waals surface area contributed by atoms with Gasteiger partial charge in [0.1, 0.15) is 0 Å². The van der Waals surface area contributed by atoms with Gasteiger partial charge in [0.15, 0.2) is 6.10 Å². The minimum Gasteiger partial charge on any atom is -0.479 e.